The molecule has 8 rings (SSSR count). The first-order valence-electron chi connectivity index (χ1n) is 29.6. The maximum atomic E-state index is 14.3. The number of fused-ring (bicyclic) bond motifs is 1. The number of aryl methyl sites for hydroxylation is 2. The number of nitrogens with one attached hydrogen (secondary N) is 2. The zero-order valence-corrected chi connectivity index (χ0v) is 51.6. The number of carboxylic acids is 1. The second-order valence-electron chi connectivity index (χ2n) is 23.2. The lowest BCUT2D eigenvalue weighted by atomic mass is 9.75. The van der Waals surface area contributed by atoms with Crippen molar-refractivity contribution in [2.75, 3.05) is 18.5 Å². The molecule has 30 nitrogen and oxygen atoms in total. The van der Waals surface area contributed by atoms with Gasteiger partial charge < -0.3 is 69.7 Å². The minimum atomic E-state index is -5.27. The number of aliphatic hydroxyl groups excluding tert-OH is 5. The Morgan fingerprint density at radius 2 is 1.47 bits per heavy atom. The molecule has 4 aliphatic rings. The van der Waals surface area contributed by atoms with E-state index in [2.05, 4.69) is 20.9 Å². The molecule has 2 aliphatic heterocycles. The molecule has 3 aromatic carbocycles. The molecule has 90 heavy (non-hydrogen) atoms. The molecule has 15 atom stereocenters. The number of carbonyl (C=O) groups excluding carboxylic acids is 3. The molecule has 2 saturated carbocycles. The summed E-state index contributed by atoms with van der Waals surface area (Å²) in [5.74, 6) is -4.78. The van der Waals surface area contributed by atoms with Crippen LogP contribution >= 0.6 is 0 Å². The van der Waals surface area contributed by atoms with Crippen LogP contribution in [-0.4, -0.2) is 201 Å². The van der Waals surface area contributed by atoms with Gasteiger partial charge >= 0.3 is 11.9 Å². The summed E-state index contributed by atoms with van der Waals surface area (Å²) in [5, 5.41) is 78.0. The van der Waals surface area contributed by atoms with E-state index in [4.69, 9.17) is 28.4 Å². The number of aromatic nitrogens is 3. The maximum Gasteiger partial charge on any atom is 0.338 e. The first-order valence-corrected chi connectivity index (χ1v) is 34.0. The molecule has 0 radical (unpaired) electrons. The molecule has 2 saturated heterocycles. The van der Waals surface area contributed by atoms with Crippen LogP contribution in [0, 0.1) is 17.8 Å². The molecule has 2 amide bonds. The average molecular weight is 1330 g/mol. The Balaban J connectivity index is 0.930. The van der Waals surface area contributed by atoms with Crippen molar-refractivity contribution in [3.05, 3.63) is 72.1 Å². The minimum absolute atomic E-state index is 0.0172. The summed E-state index contributed by atoms with van der Waals surface area (Å²) in [6.07, 6.45) is -12.1. The molecule has 4 aromatic rings. The number of aliphatic carboxylic acids is 1. The number of hydrogen-bond acceptors (Lipinski definition) is 23. The Labute approximate surface area is 518 Å². The molecule has 498 valence electrons. The van der Waals surface area contributed by atoms with Gasteiger partial charge in [-0.2, -0.15) is 25.3 Å². The van der Waals surface area contributed by atoms with Crippen molar-refractivity contribution in [3.63, 3.8) is 0 Å². The fraction of sp³-hybridized carbons (Fsp3) is 0.614. The third-order valence-electron chi connectivity index (χ3n) is 16.8. The van der Waals surface area contributed by atoms with E-state index in [-0.39, 0.29) is 56.7 Å². The number of esters is 1. The van der Waals surface area contributed by atoms with Crippen molar-refractivity contribution in [3.8, 4) is 0 Å². The predicted molar refractivity (Wildman–Crippen MR) is 311 cm³/mol. The summed E-state index contributed by atoms with van der Waals surface area (Å²) in [6, 6.07) is 10.3. The summed E-state index contributed by atoms with van der Waals surface area (Å²) < 4.78 is 141. The second-order valence-corrected chi connectivity index (χ2v) is 27.4. The highest BCUT2D eigenvalue weighted by Crippen LogP contribution is 2.41. The fourth-order valence-corrected chi connectivity index (χ4v) is 13.9. The summed E-state index contributed by atoms with van der Waals surface area (Å²) in [7, 11) is -15.4. The zero-order chi connectivity index (χ0) is 65.4. The highest BCUT2D eigenvalue weighted by atomic mass is 32.2. The number of benzene rings is 3. The molecule has 0 bridgehead atoms. The Kier molecular flexibility index (Phi) is 23.7. The number of carbonyl (C=O) groups is 4. The van der Waals surface area contributed by atoms with Gasteiger partial charge in [0.15, 0.2) is 24.8 Å². The van der Waals surface area contributed by atoms with Gasteiger partial charge in [-0.1, -0.05) is 68.9 Å². The van der Waals surface area contributed by atoms with Crippen LogP contribution in [0.5, 0.6) is 0 Å². The third kappa shape index (κ3) is 17.7. The molecule has 2 aliphatic carbocycles. The average Bonchev–Trinajstić information content (AvgIpc) is 0.832. The number of ether oxygens (including phenoxy) is 6. The van der Waals surface area contributed by atoms with Crippen LogP contribution in [-0.2, 0) is 86.1 Å². The van der Waals surface area contributed by atoms with Gasteiger partial charge in [0.2, 0.25) is 11.8 Å². The quantitative estimate of drug-likeness (QED) is 0.0231. The molecule has 1 aromatic heterocycles. The molecular weight excluding hydrogens is 1250 g/mol. The number of carboxylic acid groups (broad SMARTS) is 1. The smallest absolute Gasteiger partial charge is 0.338 e. The van der Waals surface area contributed by atoms with E-state index in [9.17, 15) is 88.7 Å². The molecule has 13 unspecified atom stereocenters. The lowest BCUT2D eigenvalue weighted by Gasteiger charge is -2.48. The number of rotatable bonds is 27. The fourth-order valence-electron chi connectivity index (χ4n) is 12.0. The van der Waals surface area contributed by atoms with Crippen molar-refractivity contribution in [2.45, 2.75) is 205 Å². The van der Waals surface area contributed by atoms with Gasteiger partial charge in [0, 0.05) is 37.0 Å². The van der Waals surface area contributed by atoms with E-state index >= 15 is 0 Å². The van der Waals surface area contributed by atoms with Gasteiger partial charge in [0.05, 0.1) is 51.7 Å². The molecule has 33 heteroatoms. The number of anilines is 1. The number of hydrogen-bond donors (Lipinski definition) is 11. The van der Waals surface area contributed by atoms with Gasteiger partial charge in [-0.05, 0) is 105 Å². The summed E-state index contributed by atoms with van der Waals surface area (Å²) >= 11 is 0. The van der Waals surface area contributed by atoms with E-state index < -0.39 is 183 Å². The second kappa shape index (κ2) is 30.4. The molecule has 0 spiro atoms. The van der Waals surface area contributed by atoms with E-state index in [1.54, 1.807) is 24.4 Å². The van der Waals surface area contributed by atoms with Crippen LogP contribution in [0.2, 0.25) is 0 Å². The predicted octanol–water partition coefficient (Wildman–Crippen LogP) is 2.18. The molecule has 4 fully saturated rings. The number of nitrogens with zero attached hydrogens (tertiary/aromatic N) is 3. The third-order valence-corrected chi connectivity index (χ3v) is 19.3. The van der Waals surface area contributed by atoms with E-state index in [0.717, 1.165) is 32.1 Å². The van der Waals surface area contributed by atoms with Gasteiger partial charge in [-0.15, -0.1) is 5.10 Å². The summed E-state index contributed by atoms with van der Waals surface area (Å²) in [4.78, 5) is 51.3. The van der Waals surface area contributed by atoms with Crippen molar-refractivity contribution in [2.24, 2.45) is 17.8 Å². The Bertz CT molecular complexity index is 3500. The van der Waals surface area contributed by atoms with Crippen LogP contribution in [0.3, 0.4) is 0 Å². The van der Waals surface area contributed by atoms with Crippen LogP contribution in [0.1, 0.15) is 113 Å². The van der Waals surface area contributed by atoms with Gasteiger partial charge in [0.25, 0.3) is 30.4 Å². The molecule has 11 N–H and O–H groups in total. The Morgan fingerprint density at radius 3 is 2.11 bits per heavy atom. The van der Waals surface area contributed by atoms with Crippen LogP contribution in [0.25, 0.3) is 10.8 Å². The largest absolute Gasteiger partial charge is 0.479 e. The zero-order valence-electron chi connectivity index (χ0n) is 49.2. The first kappa shape index (κ1) is 70.1. The minimum Gasteiger partial charge on any atom is -0.479 e. The van der Waals surface area contributed by atoms with Crippen LogP contribution < -0.4 is 10.6 Å². The Morgan fingerprint density at radius 1 is 0.778 bits per heavy atom. The lowest BCUT2D eigenvalue weighted by molar-refractivity contribution is -0.349. The van der Waals surface area contributed by atoms with Gasteiger partial charge in [-0.3, -0.25) is 27.9 Å². The van der Waals surface area contributed by atoms with Crippen molar-refractivity contribution >= 4 is 70.6 Å². The van der Waals surface area contributed by atoms with E-state index in [1.165, 1.54) is 23.7 Å². The first-order chi connectivity index (χ1) is 42.5. The standard InChI is InChI=1S/C57H77N5O25S3/c1-3-32-22-35(53(69)58-19-12-17-36-28-62(61-60-36)20-11-10-18-44(64)59-39-26-37(88(73,74)75)23-34-24-38(89(76,77)78)27-43(45(34)39)90(79,80)81)25-40(50(32)87-56-49(68)48(67)46(65)30(2)82-56)84-57-52(86-55(72)33-15-8-5-9-16-33)51(47(66)42(29-63)85-57)83-41(54(70)71)21-31-13-6-4-7-14-31/h5,8-9,15-16,23-24,26-28,30-32,35,40-42,46-52,56-57,63,65-68H,3-4,6-7,10-14,17-22,25,29H2,1-2H3,(H,58,69)(H,59,64)(H,70,71)(H,73,74,75)(H,76,77,78)(H,79,80,81)/t30?,32?,35?,40?,41-,42+,46?,47?,48?,49?,50?,51?,52?,56?,57?/m0/s1. The van der Waals surface area contributed by atoms with Crippen molar-refractivity contribution in [1.29, 1.82) is 0 Å². The SMILES string of the molecule is CCC1CC(C(=O)NCCCc2cn(CCCCC(=O)Nc3cc(S(=O)(=O)O)cc4cc(S(=O)(=O)O)cc(S(=O)(=O)O)c34)nn2)CC(OC2O[C@H](CO)C(O)C(O[C@@H](CC3CCCCC3)C(=O)O)C2OC(=O)c2ccccc2)C1OC1OC(C)C(O)C(O)C1O. The van der Waals surface area contributed by atoms with Crippen LogP contribution in [0.4, 0.5) is 5.69 Å². The normalized spacial score (nSPS) is 28.2. The summed E-state index contributed by atoms with van der Waals surface area (Å²) in [6.45, 7) is 2.88. The number of amides is 2. The van der Waals surface area contributed by atoms with Crippen molar-refractivity contribution in [1.82, 2.24) is 20.3 Å². The molecular formula is C57H77N5O25S3. The number of unbranched alkanes of at least 4 members (excludes halogenated alkanes) is 1. The number of aliphatic hydroxyl groups is 5. The topological polar surface area (TPSA) is 463 Å². The lowest BCUT2D eigenvalue weighted by Crippen LogP contribution is -2.64. The van der Waals surface area contributed by atoms with Gasteiger partial charge in [0.1, 0.15) is 41.5 Å². The molecule has 3 heterocycles. The summed E-state index contributed by atoms with van der Waals surface area (Å²) in [5.41, 5.74) is 0.0980. The monoisotopic (exact) mass is 1330 g/mol. The Hall–Kier alpha value is -5.73. The van der Waals surface area contributed by atoms with Gasteiger partial charge in [-0.25, -0.2) is 9.59 Å². The van der Waals surface area contributed by atoms with Crippen molar-refractivity contribution < 1.29 is 117 Å². The van der Waals surface area contributed by atoms with E-state index in [0.29, 0.717) is 55.6 Å². The maximum absolute atomic E-state index is 14.3. The highest BCUT2D eigenvalue weighted by molar-refractivity contribution is 7.87. The highest BCUT2D eigenvalue weighted by Gasteiger charge is 2.54. The van der Waals surface area contributed by atoms with E-state index in [1.807, 2.05) is 6.92 Å². The van der Waals surface area contributed by atoms with Crippen LogP contribution in [0.15, 0.2) is 75.5 Å².